The molecule has 0 bridgehead atoms. The maximum atomic E-state index is 4.55. The second-order valence-electron chi connectivity index (χ2n) is 6.06. The molecule has 25 heavy (non-hydrogen) atoms. The SMILES string of the molecule is Cc1ncc(-c2cc3c(-c4cc5ncccc5[nH]4)n[nH]c3cn2)n1C. The van der Waals surface area contributed by atoms with Crippen molar-refractivity contribution >= 4 is 21.9 Å². The van der Waals surface area contributed by atoms with E-state index in [1.807, 2.05) is 55.2 Å². The molecule has 0 saturated carbocycles. The summed E-state index contributed by atoms with van der Waals surface area (Å²) < 4.78 is 2.03. The number of aryl methyl sites for hydroxylation is 1. The topological polar surface area (TPSA) is 88.1 Å². The zero-order valence-corrected chi connectivity index (χ0v) is 13.8. The third-order valence-corrected chi connectivity index (χ3v) is 4.57. The van der Waals surface area contributed by atoms with Crippen LogP contribution in [0.5, 0.6) is 0 Å². The Hall–Kier alpha value is -3.48. The first kappa shape index (κ1) is 13.9. The molecule has 0 aliphatic rings. The van der Waals surface area contributed by atoms with Crippen LogP contribution in [0.4, 0.5) is 0 Å². The zero-order chi connectivity index (χ0) is 17.0. The number of aromatic nitrogens is 7. The second-order valence-corrected chi connectivity index (χ2v) is 6.06. The number of hydrogen-bond acceptors (Lipinski definition) is 4. The number of fused-ring (bicyclic) bond motifs is 2. The Balaban J connectivity index is 1.71. The largest absolute Gasteiger partial charge is 0.352 e. The Morgan fingerprint density at radius 1 is 1.04 bits per heavy atom. The summed E-state index contributed by atoms with van der Waals surface area (Å²) in [5.41, 5.74) is 6.44. The van der Waals surface area contributed by atoms with E-state index in [1.165, 1.54) is 0 Å². The minimum atomic E-state index is 0.857. The summed E-state index contributed by atoms with van der Waals surface area (Å²) in [6.45, 7) is 1.97. The van der Waals surface area contributed by atoms with Gasteiger partial charge in [0.1, 0.15) is 11.5 Å². The molecule has 0 unspecified atom stereocenters. The molecular weight excluding hydrogens is 314 g/mol. The van der Waals surface area contributed by atoms with Crippen molar-refractivity contribution in [2.75, 3.05) is 0 Å². The summed E-state index contributed by atoms with van der Waals surface area (Å²) in [7, 11) is 1.99. The molecule has 122 valence electrons. The van der Waals surface area contributed by atoms with E-state index in [0.717, 1.165) is 50.5 Å². The van der Waals surface area contributed by atoms with Crippen LogP contribution in [0.15, 0.2) is 42.9 Å². The van der Waals surface area contributed by atoms with Gasteiger partial charge in [0.2, 0.25) is 0 Å². The number of hydrogen-bond donors (Lipinski definition) is 2. The third-order valence-electron chi connectivity index (χ3n) is 4.57. The second kappa shape index (κ2) is 5.01. The van der Waals surface area contributed by atoms with Crippen molar-refractivity contribution in [2.45, 2.75) is 6.92 Å². The number of imidazole rings is 1. The summed E-state index contributed by atoms with van der Waals surface area (Å²) in [6, 6.07) is 7.98. The lowest BCUT2D eigenvalue weighted by atomic mass is 10.1. The van der Waals surface area contributed by atoms with Gasteiger partial charge in [-0.3, -0.25) is 15.1 Å². The summed E-state index contributed by atoms with van der Waals surface area (Å²) in [5, 5.41) is 8.54. The highest BCUT2D eigenvalue weighted by molar-refractivity contribution is 5.95. The quantitative estimate of drug-likeness (QED) is 0.520. The highest BCUT2D eigenvalue weighted by atomic mass is 15.1. The molecule has 0 aliphatic carbocycles. The van der Waals surface area contributed by atoms with Gasteiger partial charge in [0, 0.05) is 18.6 Å². The molecule has 0 radical (unpaired) electrons. The fourth-order valence-corrected chi connectivity index (χ4v) is 3.09. The Kier molecular flexibility index (Phi) is 2.79. The predicted octanol–water partition coefficient (Wildman–Crippen LogP) is 3.21. The lowest BCUT2D eigenvalue weighted by Crippen LogP contribution is -1.95. The molecular formula is C18H15N7. The van der Waals surface area contributed by atoms with Gasteiger partial charge in [-0.2, -0.15) is 5.10 Å². The van der Waals surface area contributed by atoms with Gasteiger partial charge in [0.15, 0.2) is 0 Å². The van der Waals surface area contributed by atoms with Gasteiger partial charge < -0.3 is 9.55 Å². The van der Waals surface area contributed by atoms with E-state index in [2.05, 4.69) is 30.1 Å². The van der Waals surface area contributed by atoms with Gasteiger partial charge in [-0.15, -0.1) is 0 Å². The molecule has 5 rings (SSSR count). The van der Waals surface area contributed by atoms with E-state index in [-0.39, 0.29) is 0 Å². The van der Waals surface area contributed by atoms with Crippen molar-refractivity contribution in [3.8, 4) is 22.8 Å². The molecule has 0 fully saturated rings. The monoisotopic (exact) mass is 329 g/mol. The number of rotatable bonds is 2. The molecule has 7 heteroatoms. The van der Waals surface area contributed by atoms with Crippen LogP contribution in [0.25, 0.3) is 44.7 Å². The summed E-state index contributed by atoms with van der Waals surface area (Å²) in [6.07, 6.45) is 5.44. The van der Waals surface area contributed by atoms with Crippen molar-refractivity contribution in [1.82, 2.24) is 34.7 Å². The van der Waals surface area contributed by atoms with Gasteiger partial charge in [-0.1, -0.05) is 0 Å². The fourth-order valence-electron chi connectivity index (χ4n) is 3.09. The van der Waals surface area contributed by atoms with Crippen molar-refractivity contribution in [2.24, 2.45) is 7.05 Å². The van der Waals surface area contributed by atoms with Crippen LogP contribution in [0.1, 0.15) is 5.82 Å². The molecule has 5 aromatic heterocycles. The third kappa shape index (κ3) is 2.06. The lowest BCUT2D eigenvalue weighted by molar-refractivity contribution is 0.862. The number of nitrogens with one attached hydrogen (secondary N) is 2. The molecule has 0 atom stereocenters. The average Bonchev–Trinajstić information content (AvgIpc) is 3.31. The Bertz CT molecular complexity index is 1190. The molecule has 0 aliphatic heterocycles. The normalized spacial score (nSPS) is 11.6. The van der Waals surface area contributed by atoms with Crippen molar-refractivity contribution in [3.05, 3.63) is 48.7 Å². The van der Waals surface area contributed by atoms with Crippen LogP contribution in [0, 0.1) is 6.92 Å². The minimum absolute atomic E-state index is 0.857. The summed E-state index contributed by atoms with van der Waals surface area (Å²) in [5.74, 6) is 0.950. The molecule has 0 spiro atoms. The average molecular weight is 329 g/mol. The minimum Gasteiger partial charge on any atom is -0.352 e. The molecule has 0 amide bonds. The van der Waals surface area contributed by atoms with Crippen LogP contribution >= 0.6 is 0 Å². The van der Waals surface area contributed by atoms with E-state index in [1.54, 1.807) is 6.20 Å². The Morgan fingerprint density at radius 2 is 1.96 bits per heavy atom. The van der Waals surface area contributed by atoms with Crippen LogP contribution in [-0.4, -0.2) is 34.7 Å². The van der Waals surface area contributed by atoms with Crippen LogP contribution in [-0.2, 0) is 7.05 Å². The van der Waals surface area contributed by atoms with Gasteiger partial charge in [-0.05, 0) is 31.2 Å². The summed E-state index contributed by atoms with van der Waals surface area (Å²) in [4.78, 5) is 16.7. The van der Waals surface area contributed by atoms with Crippen molar-refractivity contribution in [1.29, 1.82) is 0 Å². The summed E-state index contributed by atoms with van der Waals surface area (Å²) >= 11 is 0. The van der Waals surface area contributed by atoms with E-state index in [0.29, 0.717) is 0 Å². The molecule has 0 saturated heterocycles. The highest BCUT2D eigenvalue weighted by Crippen LogP contribution is 2.30. The highest BCUT2D eigenvalue weighted by Gasteiger charge is 2.14. The van der Waals surface area contributed by atoms with E-state index >= 15 is 0 Å². The molecule has 5 aromatic rings. The smallest absolute Gasteiger partial charge is 0.116 e. The van der Waals surface area contributed by atoms with Crippen LogP contribution in [0.3, 0.4) is 0 Å². The standard InChI is InChI=1S/C18H15N7/c1-10-20-9-17(25(10)2)14-6-11-16(8-21-14)23-24-18(11)15-7-13-12(22-15)4-3-5-19-13/h3-9,22H,1-2H3,(H,23,24). The zero-order valence-electron chi connectivity index (χ0n) is 13.8. The van der Waals surface area contributed by atoms with E-state index < -0.39 is 0 Å². The predicted molar refractivity (Wildman–Crippen MR) is 95.9 cm³/mol. The van der Waals surface area contributed by atoms with Crippen LogP contribution in [0.2, 0.25) is 0 Å². The van der Waals surface area contributed by atoms with Crippen molar-refractivity contribution < 1.29 is 0 Å². The lowest BCUT2D eigenvalue weighted by Gasteiger charge is -2.03. The van der Waals surface area contributed by atoms with E-state index in [4.69, 9.17) is 0 Å². The fraction of sp³-hybridized carbons (Fsp3) is 0.111. The first-order valence-electron chi connectivity index (χ1n) is 7.97. The molecule has 5 heterocycles. The number of pyridine rings is 2. The van der Waals surface area contributed by atoms with E-state index in [9.17, 15) is 0 Å². The Morgan fingerprint density at radius 3 is 2.76 bits per heavy atom. The van der Waals surface area contributed by atoms with Gasteiger partial charge in [0.25, 0.3) is 0 Å². The number of H-pyrrole nitrogens is 2. The number of nitrogens with zero attached hydrogens (tertiary/aromatic N) is 5. The number of aromatic amines is 2. The molecule has 7 nitrogen and oxygen atoms in total. The first-order valence-corrected chi connectivity index (χ1v) is 7.97. The van der Waals surface area contributed by atoms with Gasteiger partial charge in [-0.25, -0.2) is 4.98 Å². The maximum absolute atomic E-state index is 4.55. The van der Waals surface area contributed by atoms with Gasteiger partial charge >= 0.3 is 0 Å². The van der Waals surface area contributed by atoms with Crippen LogP contribution < -0.4 is 0 Å². The first-order chi connectivity index (χ1) is 12.2. The van der Waals surface area contributed by atoms with Gasteiger partial charge in [0.05, 0.1) is 46.0 Å². The Labute approximate surface area is 142 Å². The molecule has 0 aromatic carbocycles. The maximum Gasteiger partial charge on any atom is 0.116 e. The molecule has 2 N–H and O–H groups in total. The van der Waals surface area contributed by atoms with Crippen molar-refractivity contribution in [3.63, 3.8) is 0 Å².